The van der Waals surface area contributed by atoms with E-state index in [1.807, 2.05) is 0 Å². The molecule has 2 N–H and O–H groups in total. The van der Waals surface area contributed by atoms with Gasteiger partial charge in [0.1, 0.15) is 17.3 Å². The molecule has 1 amide bonds. The molecule has 0 saturated carbocycles. The summed E-state index contributed by atoms with van der Waals surface area (Å²) in [5.74, 6) is -0.657. The first-order chi connectivity index (χ1) is 12.0. The number of nitrogens with one attached hydrogen (secondary N) is 2. The predicted molar refractivity (Wildman–Crippen MR) is 96.3 cm³/mol. The van der Waals surface area contributed by atoms with Crippen molar-refractivity contribution in [3.05, 3.63) is 68.7 Å². The molecule has 0 aliphatic rings. The van der Waals surface area contributed by atoms with Crippen molar-refractivity contribution >= 4 is 40.6 Å². The Morgan fingerprint density at radius 2 is 2.00 bits per heavy atom. The summed E-state index contributed by atoms with van der Waals surface area (Å²) >= 11 is 5.97. The molecule has 0 heterocycles. The second-order valence-corrected chi connectivity index (χ2v) is 5.29. The van der Waals surface area contributed by atoms with Gasteiger partial charge in [-0.15, -0.1) is 0 Å². The van der Waals surface area contributed by atoms with E-state index in [2.05, 4.69) is 10.6 Å². The number of anilines is 2. The number of nitro groups is 1. The highest BCUT2D eigenvalue weighted by atomic mass is 35.5. The van der Waals surface area contributed by atoms with Gasteiger partial charge in [0.2, 0.25) is 0 Å². The van der Waals surface area contributed by atoms with E-state index in [0.717, 1.165) is 0 Å². The molecule has 2 aromatic rings. The van der Waals surface area contributed by atoms with E-state index in [0.29, 0.717) is 22.0 Å². The molecule has 0 saturated heterocycles. The maximum absolute atomic E-state index is 12.2. The Hall–Kier alpha value is -3.37. The highest BCUT2D eigenvalue weighted by molar-refractivity contribution is 6.34. The van der Waals surface area contributed by atoms with Crippen molar-refractivity contribution in [2.24, 2.45) is 0 Å². The smallest absolute Gasteiger partial charge is 0.292 e. The lowest BCUT2D eigenvalue weighted by Crippen LogP contribution is -2.13. The van der Waals surface area contributed by atoms with E-state index in [9.17, 15) is 20.2 Å². The van der Waals surface area contributed by atoms with Gasteiger partial charge >= 0.3 is 0 Å². The Balaban J connectivity index is 2.33. The lowest BCUT2D eigenvalue weighted by Gasteiger charge is -2.06. The summed E-state index contributed by atoms with van der Waals surface area (Å²) in [5.41, 5.74) is 0.705. The average Bonchev–Trinajstić information content (AvgIpc) is 2.61. The molecule has 25 heavy (non-hydrogen) atoms. The largest absolute Gasteiger partial charge is 0.383 e. The van der Waals surface area contributed by atoms with Crippen LogP contribution < -0.4 is 10.6 Å². The Morgan fingerprint density at radius 3 is 2.60 bits per heavy atom. The molecule has 8 heteroatoms. The minimum absolute atomic E-state index is 0.153. The predicted octanol–water partition coefficient (Wildman–Crippen LogP) is 3.84. The fourth-order valence-corrected chi connectivity index (χ4v) is 2.25. The SMILES string of the molecule is CNc1ccc(C=C(C#N)C(=O)Nc2ccccc2Cl)cc1[N+](=O)[O-]. The summed E-state index contributed by atoms with van der Waals surface area (Å²) < 4.78 is 0. The van der Waals surface area contributed by atoms with Gasteiger partial charge in [-0.05, 0) is 29.8 Å². The molecule has 2 aromatic carbocycles. The van der Waals surface area contributed by atoms with Crippen LogP contribution in [-0.2, 0) is 4.79 Å². The van der Waals surface area contributed by atoms with Crippen LogP contribution in [0, 0.1) is 21.4 Å². The number of benzene rings is 2. The minimum atomic E-state index is -0.657. The van der Waals surface area contributed by atoms with Crippen molar-refractivity contribution in [1.29, 1.82) is 5.26 Å². The lowest BCUT2D eigenvalue weighted by molar-refractivity contribution is -0.384. The zero-order valence-corrected chi connectivity index (χ0v) is 13.9. The van der Waals surface area contributed by atoms with E-state index in [-0.39, 0.29) is 11.3 Å². The van der Waals surface area contributed by atoms with Crippen molar-refractivity contribution < 1.29 is 9.72 Å². The van der Waals surface area contributed by atoms with Gasteiger partial charge in [-0.3, -0.25) is 14.9 Å². The maximum atomic E-state index is 12.2. The third-order valence-corrected chi connectivity index (χ3v) is 3.62. The number of amides is 1. The first kappa shape index (κ1) is 18.0. The topological polar surface area (TPSA) is 108 Å². The number of nitrogens with zero attached hydrogens (tertiary/aromatic N) is 2. The summed E-state index contributed by atoms with van der Waals surface area (Å²) in [7, 11) is 1.57. The van der Waals surface area contributed by atoms with Gasteiger partial charge in [0.05, 0.1) is 15.6 Å². The van der Waals surface area contributed by atoms with E-state index in [4.69, 9.17) is 11.6 Å². The van der Waals surface area contributed by atoms with Gasteiger partial charge in [-0.2, -0.15) is 5.26 Å². The molecule has 0 atom stereocenters. The molecule has 126 valence electrons. The van der Waals surface area contributed by atoms with Crippen molar-refractivity contribution in [1.82, 2.24) is 0 Å². The summed E-state index contributed by atoms with van der Waals surface area (Å²) in [6.07, 6.45) is 1.28. The highest BCUT2D eigenvalue weighted by Crippen LogP contribution is 2.26. The van der Waals surface area contributed by atoms with E-state index in [1.54, 1.807) is 43.4 Å². The van der Waals surface area contributed by atoms with Crippen molar-refractivity contribution in [2.75, 3.05) is 17.7 Å². The molecule has 0 aliphatic carbocycles. The third kappa shape index (κ3) is 4.34. The summed E-state index contributed by atoms with van der Waals surface area (Å²) in [6.45, 7) is 0. The average molecular weight is 357 g/mol. The second kappa shape index (κ2) is 7.95. The van der Waals surface area contributed by atoms with Gasteiger partial charge in [0.15, 0.2) is 0 Å². The molecule has 0 aliphatic heterocycles. The zero-order chi connectivity index (χ0) is 18.4. The number of rotatable bonds is 5. The monoisotopic (exact) mass is 356 g/mol. The summed E-state index contributed by atoms with van der Waals surface area (Å²) in [6, 6.07) is 12.7. The molecular weight excluding hydrogens is 344 g/mol. The molecule has 0 aromatic heterocycles. The van der Waals surface area contributed by atoms with Gasteiger partial charge in [-0.1, -0.05) is 29.8 Å². The zero-order valence-electron chi connectivity index (χ0n) is 13.1. The molecule has 7 nitrogen and oxygen atoms in total. The number of halogens is 1. The Bertz CT molecular complexity index is 903. The van der Waals surface area contributed by atoms with E-state index < -0.39 is 10.8 Å². The lowest BCUT2D eigenvalue weighted by atomic mass is 10.1. The van der Waals surface area contributed by atoms with E-state index >= 15 is 0 Å². The van der Waals surface area contributed by atoms with Crippen LogP contribution in [0.3, 0.4) is 0 Å². The molecule has 0 unspecified atom stereocenters. The Labute approximate surface area is 148 Å². The third-order valence-electron chi connectivity index (χ3n) is 3.29. The Morgan fingerprint density at radius 1 is 1.28 bits per heavy atom. The molecule has 0 spiro atoms. The molecule has 2 rings (SSSR count). The van der Waals surface area contributed by atoms with Gasteiger partial charge in [0.25, 0.3) is 11.6 Å². The van der Waals surface area contributed by atoms with Gasteiger partial charge < -0.3 is 10.6 Å². The fourth-order valence-electron chi connectivity index (χ4n) is 2.07. The number of para-hydroxylation sites is 1. The van der Waals surface area contributed by atoms with Crippen LogP contribution in [0.1, 0.15) is 5.56 Å². The van der Waals surface area contributed by atoms with Crippen LogP contribution in [0.4, 0.5) is 17.1 Å². The molecule has 0 fully saturated rings. The quantitative estimate of drug-likeness (QED) is 0.366. The standard InChI is InChI=1S/C17H13ClN4O3/c1-20-15-7-6-11(9-16(15)22(24)25)8-12(10-19)17(23)21-14-5-3-2-4-13(14)18/h2-9,20H,1H3,(H,21,23). The number of nitro benzene ring substituents is 1. The summed E-state index contributed by atoms with van der Waals surface area (Å²) in [4.78, 5) is 22.8. The first-order valence-corrected chi connectivity index (χ1v) is 7.48. The van der Waals surface area contributed by atoms with Crippen LogP contribution in [0.25, 0.3) is 6.08 Å². The molecule has 0 bridgehead atoms. The van der Waals surface area contributed by atoms with Crippen molar-refractivity contribution in [3.63, 3.8) is 0 Å². The summed E-state index contributed by atoms with van der Waals surface area (Å²) in [5, 5.41) is 25.9. The number of carbonyl (C=O) groups excluding carboxylic acids is 1. The van der Waals surface area contributed by atoms with Crippen LogP contribution in [0.5, 0.6) is 0 Å². The number of nitriles is 1. The fraction of sp³-hybridized carbons (Fsp3) is 0.0588. The van der Waals surface area contributed by atoms with E-state index in [1.165, 1.54) is 18.2 Å². The minimum Gasteiger partial charge on any atom is -0.383 e. The Kier molecular flexibility index (Phi) is 5.71. The van der Waals surface area contributed by atoms with Crippen LogP contribution >= 0.6 is 11.6 Å². The molecular formula is C17H13ClN4O3. The number of carbonyl (C=O) groups is 1. The van der Waals surface area contributed by atoms with Gasteiger partial charge in [0, 0.05) is 13.1 Å². The van der Waals surface area contributed by atoms with Crippen LogP contribution in [0.2, 0.25) is 5.02 Å². The van der Waals surface area contributed by atoms with Gasteiger partial charge in [-0.25, -0.2) is 0 Å². The van der Waals surface area contributed by atoms with Crippen molar-refractivity contribution in [2.45, 2.75) is 0 Å². The molecule has 0 radical (unpaired) electrons. The van der Waals surface area contributed by atoms with Crippen LogP contribution in [-0.4, -0.2) is 17.9 Å². The number of hydrogen-bond acceptors (Lipinski definition) is 5. The second-order valence-electron chi connectivity index (χ2n) is 4.89. The normalized spacial score (nSPS) is 10.7. The van der Waals surface area contributed by atoms with Crippen LogP contribution in [0.15, 0.2) is 48.0 Å². The maximum Gasteiger partial charge on any atom is 0.292 e. The number of hydrogen-bond donors (Lipinski definition) is 2. The first-order valence-electron chi connectivity index (χ1n) is 7.10. The van der Waals surface area contributed by atoms with Crippen molar-refractivity contribution in [3.8, 4) is 6.07 Å². The highest BCUT2D eigenvalue weighted by Gasteiger charge is 2.15.